The van der Waals surface area contributed by atoms with Crippen molar-refractivity contribution in [1.82, 2.24) is 14.5 Å². The number of amides is 1. The fourth-order valence-electron chi connectivity index (χ4n) is 2.34. The van der Waals surface area contributed by atoms with Crippen molar-refractivity contribution in [2.24, 2.45) is 0 Å². The summed E-state index contributed by atoms with van der Waals surface area (Å²) in [6.45, 7) is 2.04. The highest BCUT2D eigenvalue weighted by atomic mass is 19.1. The normalized spacial score (nSPS) is 15.8. The minimum Gasteiger partial charge on any atom is -0.378 e. The van der Waals surface area contributed by atoms with Gasteiger partial charge in [0.2, 0.25) is 5.91 Å². The average Bonchev–Trinajstić information content (AvgIpc) is 2.75. The maximum atomic E-state index is 13.1. The van der Waals surface area contributed by atoms with Crippen molar-refractivity contribution in [2.45, 2.75) is 6.54 Å². The lowest BCUT2D eigenvalue weighted by Gasteiger charge is -2.26. The van der Waals surface area contributed by atoms with Crippen LogP contribution < -0.4 is 5.69 Å². The second-order valence-electron chi connectivity index (χ2n) is 4.67. The number of benzene rings is 1. The van der Waals surface area contributed by atoms with E-state index in [1.54, 1.807) is 4.90 Å². The molecular formula is C13H14FN3O3. The Morgan fingerprint density at radius 1 is 1.35 bits per heavy atom. The van der Waals surface area contributed by atoms with Crippen LogP contribution in [0, 0.1) is 5.82 Å². The summed E-state index contributed by atoms with van der Waals surface area (Å²) < 4.78 is 19.6. The fourth-order valence-corrected chi connectivity index (χ4v) is 2.34. The van der Waals surface area contributed by atoms with Crippen LogP contribution in [0.2, 0.25) is 0 Å². The van der Waals surface area contributed by atoms with Gasteiger partial charge in [0.05, 0.1) is 24.2 Å². The number of hydrogen-bond donors (Lipinski definition) is 1. The highest BCUT2D eigenvalue weighted by Gasteiger charge is 2.19. The molecule has 0 radical (unpaired) electrons. The summed E-state index contributed by atoms with van der Waals surface area (Å²) in [6.07, 6.45) is 0. The van der Waals surface area contributed by atoms with Crippen molar-refractivity contribution in [1.29, 1.82) is 0 Å². The topological polar surface area (TPSA) is 67.3 Å². The molecule has 1 amide bonds. The number of aromatic amines is 1. The Kier molecular flexibility index (Phi) is 3.27. The first-order valence-corrected chi connectivity index (χ1v) is 6.39. The third-order valence-electron chi connectivity index (χ3n) is 3.39. The van der Waals surface area contributed by atoms with Gasteiger partial charge >= 0.3 is 5.69 Å². The van der Waals surface area contributed by atoms with Gasteiger partial charge in [0.25, 0.3) is 0 Å². The van der Waals surface area contributed by atoms with Gasteiger partial charge in [0.1, 0.15) is 12.4 Å². The molecule has 6 nitrogen and oxygen atoms in total. The van der Waals surface area contributed by atoms with Crippen LogP contribution >= 0.6 is 0 Å². The summed E-state index contributed by atoms with van der Waals surface area (Å²) in [5.74, 6) is -0.564. The number of H-pyrrole nitrogens is 1. The van der Waals surface area contributed by atoms with Gasteiger partial charge in [-0.1, -0.05) is 0 Å². The average molecular weight is 279 g/mol. The Morgan fingerprint density at radius 2 is 2.10 bits per heavy atom. The van der Waals surface area contributed by atoms with Crippen molar-refractivity contribution in [3.8, 4) is 0 Å². The number of aromatic nitrogens is 2. The number of carbonyl (C=O) groups excluding carboxylic acids is 1. The molecule has 3 rings (SSSR count). The molecule has 20 heavy (non-hydrogen) atoms. The minimum atomic E-state index is -0.426. The zero-order chi connectivity index (χ0) is 14.1. The van der Waals surface area contributed by atoms with Gasteiger partial charge < -0.3 is 14.6 Å². The van der Waals surface area contributed by atoms with Crippen LogP contribution in [-0.4, -0.2) is 46.7 Å². The lowest BCUT2D eigenvalue weighted by Crippen LogP contribution is -2.43. The number of morpholine rings is 1. The highest BCUT2D eigenvalue weighted by molar-refractivity contribution is 5.80. The standard InChI is InChI=1S/C13H14FN3O3/c14-9-1-2-11-10(7-9)15-13(19)17(11)8-12(18)16-3-5-20-6-4-16/h1-2,7H,3-6,8H2,(H,15,19). The Balaban J connectivity index is 1.88. The Bertz CT molecular complexity index is 700. The van der Waals surface area contributed by atoms with E-state index in [2.05, 4.69) is 4.98 Å². The lowest BCUT2D eigenvalue weighted by molar-refractivity contribution is -0.135. The zero-order valence-electron chi connectivity index (χ0n) is 10.8. The van der Waals surface area contributed by atoms with Crippen LogP contribution in [0.25, 0.3) is 11.0 Å². The summed E-state index contributed by atoms with van der Waals surface area (Å²) in [5.41, 5.74) is 0.509. The van der Waals surface area contributed by atoms with Crippen molar-refractivity contribution >= 4 is 16.9 Å². The molecule has 1 aliphatic rings. The van der Waals surface area contributed by atoms with Crippen molar-refractivity contribution in [3.05, 3.63) is 34.5 Å². The highest BCUT2D eigenvalue weighted by Crippen LogP contribution is 2.12. The number of carbonyl (C=O) groups is 1. The molecule has 1 aliphatic heterocycles. The monoisotopic (exact) mass is 279 g/mol. The quantitative estimate of drug-likeness (QED) is 0.861. The van der Waals surface area contributed by atoms with E-state index in [0.29, 0.717) is 37.3 Å². The molecule has 0 bridgehead atoms. The van der Waals surface area contributed by atoms with E-state index in [1.807, 2.05) is 0 Å². The summed E-state index contributed by atoms with van der Waals surface area (Å²) >= 11 is 0. The number of rotatable bonds is 2. The Morgan fingerprint density at radius 3 is 2.85 bits per heavy atom. The Hall–Kier alpha value is -2.15. The molecule has 1 aromatic heterocycles. The summed E-state index contributed by atoms with van der Waals surface area (Å²) in [4.78, 5) is 28.2. The number of imidazole rings is 1. The number of ether oxygens (including phenoxy) is 1. The summed E-state index contributed by atoms with van der Waals surface area (Å²) in [7, 11) is 0. The van der Waals surface area contributed by atoms with Gasteiger partial charge in [-0.15, -0.1) is 0 Å². The third-order valence-corrected chi connectivity index (χ3v) is 3.39. The maximum absolute atomic E-state index is 13.1. The number of nitrogens with one attached hydrogen (secondary N) is 1. The van der Waals surface area contributed by atoms with E-state index >= 15 is 0 Å². The first-order chi connectivity index (χ1) is 9.65. The number of hydrogen-bond acceptors (Lipinski definition) is 3. The first kappa shape index (κ1) is 12.9. The van der Waals surface area contributed by atoms with Crippen molar-refractivity contribution < 1.29 is 13.9 Å². The largest absolute Gasteiger partial charge is 0.378 e. The molecule has 0 atom stereocenters. The SMILES string of the molecule is O=C(Cn1c(=O)[nH]c2cc(F)ccc21)N1CCOCC1. The van der Waals surface area contributed by atoms with Crippen LogP contribution in [0.5, 0.6) is 0 Å². The van der Waals surface area contributed by atoms with Gasteiger partial charge in [0, 0.05) is 13.1 Å². The molecule has 7 heteroatoms. The molecule has 1 fully saturated rings. The van der Waals surface area contributed by atoms with Crippen LogP contribution in [-0.2, 0) is 16.1 Å². The summed E-state index contributed by atoms with van der Waals surface area (Å²) in [5, 5.41) is 0. The molecule has 0 aliphatic carbocycles. The molecule has 106 valence electrons. The van der Waals surface area contributed by atoms with E-state index in [-0.39, 0.29) is 12.5 Å². The molecule has 2 aromatic rings. The van der Waals surface area contributed by atoms with Gasteiger partial charge in [-0.2, -0.15) is 0 Å². The number of fused-ring (bicyclic) bond motifs is 1. The molecule has 2 heterocycles. The molecule has 0 saturated carbocycles. The minimum absolute atomic E-state index is 0.0511. The fraction of sp³-hybridized carbons (Fsp3) is 0.385. The molecule has 1 aromatic carbocycles. The van der Waals surface area contributed by atoms with Crippen LogP contribution in [0.3, 0.4) is 0 Å². The van der Waals surface area contributed by atoms with Gasteiger partial charge in [-0.3, -0.25) is 9.36 Å². The van der Waals surface area contributed by atoms with Crippen LogP contribution in [0.4, 0.5) is 4.39 Å². The van der Waals surface area contributed by atoms with Crippen molar-refractivity contribution in [2.75, 3.05) is 26.3 Å². The second-order valence-corrected chi connectivity index (χ2v) is 4.67. The van der Waals surface area contributed by atoms with Crippen molar-refractivity contribution in [3.63, 3.8) is 0 Å². The lowest BCUT2D eigenvalue weighted by atomic mass is 10.3. The smallest absolute Gasteiger partial charge is 0.326 e. The maximum Gasteiger partial charge on any atom is 0.326 e. The van der Waals surface area contributed by atoms with Gasteiger partial charge in [-0.25, -0.2) is 9.18 Å². The van der Waals surface area contributed by atoms with Crippen LogP contribution in [0.1, 0.15) is 0 Å². The third kappa shape index (κ3) is 2.32. The van der Waals surface area contributed by atoms with Gasteiger partial charge in [0.15, 0.2) is 0 Å². The van der Waals surface area contributed by atoms with Crippen LogP contribution in [0.15, 0.2) is 23.0 Å². The molecule has 1 saturated heterocycles. The first-order valence-electron chi connectivity index (χ1n) is 6.39. The Labute approximate surface area is 113 Å². The molecular weight excluding hydrogens is 265 g/mol. The van der Waals surface area contributed by atoms with Gasteiger partial charge in [-0.05, 0) is 18.2 Å². The predicted molar refractivity (Wildman–Crippen MR) is 69.9 cm³/mol. The molecule has 1 N–H and O–H groups in total. The molecule has 0 spiro atoms. The second kappa shape index (κ2) is 5.09. The molecule has 0 unspecified atom stereocenters. The number of nitrogens with zero attached hydrogens (tertiary/aromatic N) is 2. The van der Waals surface area contributed by atoms with E-state index < -0.39 is 11.5 Å². The van der Waals surface area contributed by atoms with E-state index in [4.69, 9.17) is 4.74 Å². The summed E-state index contributed by atoms with van der Waals surface area (Å²) in [6, 6.07) is 4.01. The van der Waals surface area contributed by atoms with E-state index in [0.717, 1.165) is 0 Å². The number of halogens is 1. The van der Waals surface area contributed by atoms with E-state index in [9.17, 15) is 14.0 Å². The zero-order valence-corrected chi connectivity index (χ0v) is 10.8. The predicted octanol–water partition coefficient (Wildman–Crippen LogP) is 0.327. The van der Waals surface area contributed by atoms with E-state index in [1.165, 1.54) is 22.8 Å².